The van der Waals surface area contributed by atoms with Crippen LogP contribution in [0, 0.1) is 12.7 Å². The third-order valence-corrected chi connectivity index (χ3v) is 3.19. The number of hydrogen-bond donors (Lipinski definition) is 2. The highest BCUT2D eigenvalue weighted by atomic mass is 79.9. The Morgan fingerprint density at radius 1 is 1.42 bits per heavy atom. The average molecular weight is 324 g/mol. The van der Waals surface area contributed by atoms with E-state index in [-0.39, 0.29) is 11.7 Å². The van der Waals surface area contributed by atoms with E-state index in [1.165, 1.54) is 24.4 Å². The highest BCUT2D eigenvalue weighted by Crippen LogP contribution is 2.24. The second kappa shape index (κ2) is 5.36. The molecule has 0 saturated carbocycles. The number of nitrogens with two attached hydrogens (primary N) is 1. The Bertz CT molecular complexity index is 646. The van der Waals surface area contributed by atoms with Gasteiger partial charge in [-0.25, -0.2) is 4.39 Å². The minimum Gasteiger partial charge on any atom is -0.397 e. The number of halogens is 2. The summed E-state index contributed by atoms with van der Waals surface area (Å²) < 4.78 is 13.4. The summed E-state index contributed by atoms with van der Waals surface area (Å²) >= 11 is 3.19. The Kier molecular flexibility index (Phi) is 3.80. The van der Waals surface area contributed by atoms with Crippen molar-refractivity contribution < 1.29 is 9.18 Å². The van der Waals surface area contributed by atoms with E-state index in [2.05, 4.69) is 26.2 Å². The number of benzene rings is 1. The van der Waals surface area contributed by atoms with Crippen LogP contribution in [0.5, 0.6) is 0 Å². The maximum absolute atomic E-state index is 13.0. The molecule has 6 heteroatoms. The van der Waals surface area contributed by atoms with E-state index < -0.39 is 0 Å². The molecular formula is C13H11BrFN3O. The summed E-state index contributed by atoms with van der Waals surface area (Å²) in [7, 11) is 0. The number of amides is 1. The lowest BCUT2D eigenvalue weighted by Gasteiger charge is -2.09. The van der Waals surface area contributed by atoms with Gasteiger partial charge in [-0.15, -0.1) is 0 Å². The smallest absolute Gasteiger partial charge is 0.257 e. The van der Waals surface area contributed by atoms with Crippen molar-refractivity contribution in [3.63, 3.8) is 0 Å². The van der Waals surface area contributed by atoms with E-state index in [0.29, 0.717) is 27.1 Å². The van der Waals surface area contributed by atoms with E-state index in [9.17, 15) is 9.18 Å². The summed E-state index contributed by atoms with van der Waals surface area (Å²) in [6.07, 6.45) is 1.49. The molecule has 2 aromatic rings. The molecule has 98 valence electrons. The summed E-state index contributed by atoms with van der Waals surface area (Å²) in [5.74, 6) is -0.726. The number of hydrogen-bond acceptors (Lipinski definition) is 3. The number of nitrogens with zero attached hydrogens (tertiary/aromatic N) is 1. The number of aromatic nitrogens is 1. The lowest BCUT2D eigenvalue weighted by molar-refractivity contribution is 0.102. The monoisotopic (exact) mass is 323 g/mol. The number of pyridine rings is 1. The predicted octanol–water partition coefficient (Wildman–Crippen LogP) is 3.13. The van der Waals surface area contributed by atoms with Crippen LogP contribution in [-0.2, 0) is 0 Å². The molecule has 1 heterocycles. The Labute approximate surface area is 118 Å². The number of aryl methyl sites for hydroxylation is 1. The summed E-state index contributed by atoms with van der Waals surface area (Å²) in [4.78, 5) is 16.1. The lowest BCUT2D eigenvalue weighted by atomic mass is 10.1. The van der Waals surface area contributed by atoms with Crippen LogP contribution in [0.3, 0.4) is 0 Å². The predicted molar refractivity (Wildman–Crippen MR) is 75.4 cm³/mol. The van der Waals surface area contributed by atoms with E-state index >= 15 is 0 Å². The molecule has 0 saturated heterocycles. The molecule has 0 aliphatic rings. The van der Waals surface area contributed by atoms with Gasteiger partial charge in [0, 0.05) is 4.47 Å². The molecule has 19 heavy (non-hydrogen) atoms. The first kappa shape index (κ1) is 13.5. The number of rotatable bonds is 2. The van der Waals surface area contributed by atoms with Crippen LogP contribution in [0.1, 0.15) is 16.1 Å². The number of anilines is 2. The third kappa shape index (κ3) is 3.08. The lowest BCUT2D eigenvalue weighted by Crippen LogP contribution is -2.15. The van der Waals surface area contributed by atoms with Gasteiger partial charge in [0.15, 0.2) is 0 Å². The molecule has 0 fully saturated rings. The molecule has 3 N–H and O–H groups in total. The SMILES string of the molecule is Cc1ncc(N)cc1C(=O)Nc1ccc(F)cc1Br. The molecule has 4 nitrogen and oxygen atoms in total. The fourth-order valence-corrected chi connectivity index (χ4v) is 2.01. The van der Waals surface area contributed by atoms with Crippen molar-refractivity contribution in [2.75, 3.05) is 11.1 Å². The number of carbonyl (C=O) groups excluding carboxylic acids is 1. The van der Waals surface area contributed by atoms with Crippen LogP contribution in [0.2, 0.25) is 0 Å². The summed E-state index contributed by atoms with van der Waals surface area (Å²) in [5.41, 5.74) is 7.46. The molecule has 0 aliphatic carbocycles. The first-order valence-corrected chi connectivity index (χ1v) is 6.25. The van der Waals surface area contributed by atoms with Gasteiger partial charge in [0.05, 0.1) is 28.8 Å². The molecule has 0 aliphatic heterocycles. The molecule has 0 bridgehead atoms. The minimum atomic E-state index is -0.383. The van der Waals surface area contributed by atoms with Crippen molar-refractivity contribution in [1.29, 1.82) is 0 Å². The highest BCUT2D eigenvalue weighted by Gasteiger charge is 2.12. The number of carbonyl (C=O) groups is 1. The van der Waals surface area contributed by atoms with Crippen molar-refractivity contribution in [3.8, 4) is 0 Å². The maximum Gasteiger partial charge on any atom is 0.257 e. The second-order valence-electron chi connectivity index (χ2n) is 3.98. The Balaban J connectivity index is 2.28. The average Bonchev–Trinajstić information content (AvgIpc) is 2.35. The van der Waals surface area contributed by atoms with Crippen LogP contribution in [-0.4, -0.2) is 10.9 Å². The number of nitrogens with one attached hydrogen (secondary N) is 1. The molecule has 1 amide bonds. The Morgan fingerprint density at radius 2 is 2.16 bits per heavy atom. The molecular weight excluding hydrogens is 313 g/mol. The zero-order valence-corrected chi connectivity index (χ0v) is 11.7. The highest BCUT2D eigenvalue weighted by molar-refractivity contribution is 9.10. The van der Waals surface area contributed by atoms with Crippen LogP contribution >= 0.6 is 15.9 Å². The summed E-state index contributed by atoms with van der Waals surface area (Å²) in [6.45, 7) is 1.72. The van der Waals surface area contributed by atoms with E-state index in [1.54, 1.807) is 13.0 Å². The zero-order chi connectivity index (χ0) is 14.0. The van der Waals surface area contributed by atoms with Crippen molar-refractivity contribution in [2.24, 2.45) is 0 Å². The first-order valence-electron chi connectivity index (χ1n) is 5.46. The van der Waals surface area contributed by atoms with Crippen LogP contribution in [0.15, 0.2) is 34.9 Å². The molecule has 0 atom stereocenters. The Hall–Kier alpha value is -1.95. The quantitative estimate of drug-likeness (QED) is 0.892. The maximum atomic E-state index is 13.0. The van der Waals surface area contributed by atoms with Gasteiger partial charge in [-0.3, -0.25) is 9.78 Å². The van der Waals surface area contributed by atoms with Crippen molar-refractivity contribution >= 4 is 33.2 Å². The minimum absolute atomic E-state index is 0.343. The van der Waals surface area contributed by atoms with Crippen LogP contribution < -0.4 is 11.1 Å². The largest absolute Gasteiger partial charge is 0.397 e. The molecule has 1 aromatic heterocycles. The molecule has 1 aromatic carbocycles. The van der Waals surface area contributed by atoms with Crippen molar-refractivity contribution in [2.45, 2.75) is 6.92 Å². The van der Waals surface area contributed by atoms with Crippen LogP contribution in [0.25, 0.3) is 0 Å². The Morgan fingerprint density at radius 3 is 2.84 bits per heavy atom. The second-order valence-corrected chi connectivity index (χ2v) is 4.83. The molecule has 2 rings (SSSR count). The van der Waals surface area contributed by atoms with Crippen molar-refractivity contribution in [3.05, 3.63) is 52.0 Å². The van der Waals surface area contributed by atoms with Gasteiger partial charge in [0.2, 0.25) is 0 Å². The van der Waals surface area contributed by atoms with Gasteiger partial charge in [-0.1, -0.05) is 0 Å². The fraction of sp³-hybridized carbons (Fsp3) is 0.0769. The van der Waals surface area contributed by atoms with Crippen molar-refractivity contribution in [1.82, 2.24) is 4.98 Å². The van der Waals surface area contributed by atoms with Gasteiger partial charge in [-0.05, 0) is 47.1 Å². The summed E-state index contributed by atoms with van der Waals surface area (Å²) in [6, 6.07) is 5.58. The number of nitrogen functional groups attached to an aromatic ring is 1. The topological polar surface area (TPSA) is 68.0 Å². The normalized spacial score (nSPS) is 10.3. The van der Waals surface area contributed by atoms with Gasteiger partial charge in [-0.2, -0.15) is 0 Å². The van der Waals surface area contributed by atoms with Gasteiger partial charge < -0.3 is 11.1 Å². The fourth-order valence-electron chi connectivity index (χ4n) is 1.56. The van der Waals surface area contributed by atoms with Gasteiger partial charge in [0.25, 0.3) is 5.91 Å². The zero-order valence-electron chi connectivity index (χ0n) is 10.1. The molecule has 0 radical (unpaired) electrons. The molecule has 0 unspecified atom stereocenters. The van der Waals surface area contributed by atoms with E-state index in [0.717, 1.165) is 0 Å². The van der Waals surface area contributed by atoms with E-state index in [4.69, 9.17) is 5.73 Å². The molecule has 0 spiro atoms. The first-order chi connectivity index (χ1) is 8.97. The third-order valence-electron chi connectivity index (χ3n) is 2.53. The van der Waals surface area contributed by atoms with E-state index in [1.807, 2.05) is 0 Å². The summed E-state index contributed by atoms with van der Waals surface area (Å²) in [5, 5.41) is 2.67. The van der Waals surface area contributed by atoms with Gasteiger partial charge in [0.1, 0.15) is 5.82 Å². The van der Waals surface area contributed by atoms with Gasteiger partial charge >= 0.3 is 0 Å². The van der Waals surface area contributed by atoms with Crippen LogP contribution in [0.4, 0.5) is 15.8 Å². The standard InChI is InChI=1S/C13H11BrFN3O/c1-7-10(5-9(16)6-17-7)13(19)18-12-3-2-8(15)4-11(12)14/h2-6H,16H2,1H3,(H,18,19).